The van der Waals surface area contributed by atoms with Gasteiger partial charge in [0.2, 0.25) is 5.78 Å². The predicted octanol–water partition coefficient (Wildman–Crippen LogP) is 4.27. The molecule has 0 radical (unpaired) electrons. The van der Waals surface area contributed by atoms with Gasteiger partial charge in [-0.15, -0.1) is 11.3 Å². The zero-order chi connectivity index (χ0) is 12.7. The SMILES string of the molecule is O=C(c1sccc1Cl)c1c[nH]c2ncc(Br)cc12. The lowest BCUT2D eigenvalue weighted by atomic mass is 10.1. The first kappa shape index (κ1) is 11.9. The van der Waals surface area contributed by atoms with Crippen molar-refractivity contribution < 1.29 is 4.79 Å². The second-order valence-corrected chi connectivity index (χ2v) is 5.92. The molecule has 0 atom stereocenters. The van der Waals surface area contributed by atoms with Crippen molar-refractivity contribution >= 4 is 55.7 Å². The molecular formula is C12H6BrClN2OS. The van der Waals surface area contributed by atoms with Crippen molar-refractivity contribution in [2.24, 2.45) is 0 Å². The molecule has 6 heteroatoms. The van der Waals surface area contributed by atoms with Crippen LogP contribution in [0, 0.1) is 0 Å². The van der Waals surface area contributed by atoms with E-state index >= 15 is 0 Å². The highest BCUT2D eigenvalue weighted by Crippen LogP contribution is 2.28. The number of nitrogens with zero attached hydrogens (tertiary/aromatic N) is 1. The third-order valence-electron chi connectivity index (χ3n) is 2.57. The molecule has 0 fully saturated rings. The van der Waals surface area contributed by atoms with Gasteiger partial charge in [0.1, 0.15) is 5.65 Å². The summed E-state index contributed by atoms with van der Waals surface area (Å²) < 4.78 is 0.834. The molecule has 3 heterocycles. The Morgan fingerprint density at radius 3 is 3.06 bits per heavy atom. The third kappa shape index (κ3) is 1.88. The number of ketones is 1. The summed E-state index contributed by atoms with van der Waals surface area (Å²) in [6.45, 7) is 0. The summed E-state index contributed by atoms with van der Waals surface area (Å²) in [4.78, 5) is 20.1. The molecule has 0 bridgehead atoms. The minimum absolute atomic E-state index is 0.0823. The average Bonchev–Trinajstić information content (AvgIpc) is 2.94. The highest BCUT2D eigenvalue weighted by molar-refractivity contribution is 9.10. The molecule has 3 rings (SSSR count). The van der Waals surface area contributed by atoms with Crippen LogP contribution >= 0.6 is 38.9 Å². The van der Waals surface area contributed by atoms with Gasteiger partial charge in [0, 0.05) is 22.3 Å². The van der Waals surface area contributed by atoms with Gasteiger partial charge in [-0.1, -0.05) is 11.6 Å². The highest BCUT2D eigenvalue weighted by Gasteiger charge is 2.18. The van der Waals surface area contributed by atoms with E-state index in [0.717, 1.165) is 9.86 Å². The van der Waals surface area contributed by atoms with Crippen molar-refractivity contribution in [3.63, 3.8) is 0 Å². The van der Waals surface area contributed by atoms with E-state index in [1.807, 2.05) is 6.07 Å². The van der Waals surface area contributed by atoms with Crippen molar-refractivity contribution in [3.05, 3.63) is 49.8 Å². The Balaban J connectivity index is 2.18. The van der Waals surface area contributed by atoms with Crippen LogP contribution in [0.15, 0.2) is 34.4 Å². The monoisotopic (exact) mass is 340 g/mol. The van der Waals surface area contributed by atoms with Gasteiger partial charge in [-0.25, -0.2) is 4.98 Å². The lowest BCUT2D eigenvalue weighted by Crippen LogP contribution is -1.98. The first-order valence-electron chi connectivity index (χ1n) is 5.07. The van der Waals surface area contributed by atoms with E-state index in [2.05, 4.69) is 25.9 Å². The standard InChI is InChI=1S/C12H6BrClN2OS/c13-6-3-7-8(5-16-12(7)15-4-6)10(17)11-9(14)1-2-18-11/h1-5H,(H,15,16). The van der Waals surface area contributed by atoms with Crippen LogP contribution in [0.1, 0.15) is 15.2 Å². The number of hydrogen-bond donors (Lipinski definition) is 1. The summed E-state index contributed by atoms with van der Waals surface area (Å²) in [7, 11) is 0. The van der Waals surface area contributed by atoms with E-state index in [0.29, 0.717) is 21.1 Å². The number of hydrogen-bond acceptors (Lipinski definition) is 3. The number of H-pyrrole nitrogens is 1. The van der Waals surface area contributed by atoms with Crippen LogP contribution in [0.2, 0.25) is 5.02 Å². The van der Waals surface area contributed by atoms with Crippen LogP contribution in [0.25, 0.3) is 11.0 Å². The number of nitrogens with one attached hydrogen (secondary N) is 1. The molecule has 90 valence electrons. The minimum atomic E-state index is -0.0823. The van der Waals surface area contributed by atoms with Crippen molar-refractivity contribution in [2.75, 3.05) is 0 Å². The van der Waals surface area contributed by atoms with Crippen LogP contribution in [0.5, 0.6) is 0 Å². The van der Waals surface area contributed by atoms with Crippen molar-refractivity contribution in [2.45, 2.75) is 0 Å². The van der Waals surface area contributed by atoms with E-state index in [9.17, 15) is 4.79 Å². The quantitative estimate of drug-likeness (QED) is 0.707. The Bertz CT molecular complexity index is 749. The largest absolute Gasteiger partial charge is 0.345 e. The molecule has 3 aromatic heterocycles. The maximum atomic E-state index is 12.4. The number of thiophene rings is 1. The van der Waals surface area contributed by atoms with Gasteiger partial charge in [-0.05, 0) is 33.4 Å². The topological polar surface area (TPSA) is 45.8 Å². The molecule has 0 amide bonds. The lowest BCUT2D eigenvalue weighted by molar-refractivity contribution is 0.104. The van der Waals surface area contributed by atoms with Gasteiger partial charge in [0.05, 0.1) is 15.5 Å². The van der Waals surface area contributed by atoms with Gasteiger partial charge in [-0.3, -0.25) is 4.79 Å². The third-order valence-corrected chi connectivity index (χ3v) is 4.34. The summed E-state index contributed by atoms with van der Waals surface area (Å²) in [6, 6.07) is 3.59. The number of carbonyl (C=O) groups excluding carboxylic acids is 1. The minimum Gasteiger partial charge on any atom is -0.345 e. The van der Waals surface area contributed by atoms with Gasteiger partial charge in [0.15, 0.2) is 0 Å². The van der Waals surface area contributed by atoms with Crippen LogP contribution in [0.3, 0.4) is 0 Å². The molecule has 0 saturated heterocycles. The van der Waals surface area contributed by atoms with Crippen molar-refractivity contribution in [1.29, 1.82) is 0 Å². The molecular weight excluding hydrogens is 336 g/mol. The smallest absolute Gasteiger partial charge is 0.206 e. The molecule has 0 aliphatic carbocycles. The normalized spacial score (nSPS) is 11.0. The number of aromatic amines is 1. The molecule has 3 aromatic rings. The summed E-state index contributed by atoms with van der Waals surface area (Å²) >= 11 is 10.7. The maximum Gasteiger partial charge on any atom is 0.206 e. The number of halogens is 2. The number of aromatic nitrogens is 2. The molecule has 18 heavy (non-hydrogen) atoms. The molecule has 0 aliphatic rings. The molecule has 0 unspecified atom stereocenters. The van der Waals surface area contributed by atoms with Gasteiger partial charge in [-0.2, -0.15) is 0 Å². The second-order valence-electron chi connectivity index (χ2n) is 3.68. The van der Waals surface area contributed by atoms with Gasteiger partial charge < -0.3 is 4.98 Å². The zero-order valence-electron chi connectivity index (χ0n) is 8.91. The fourth-order valence-electron chi connectivity index (χ4n) is 1.74. The fourth-order valence-corrected chi connectivity index (χ4v) is 3.17. The summed E-state index contributed by atoms with van der Waals surface area (Å²) in [6.07, 6.45) is 3.35. The molecule has 0 spiro atoms. The molecule has 0 aliphatic heterocycles. The van der Waals surface area contributed by atoms with Gasteiger partial charge >= 0.3 is 0 Å². The summed E-state index contributed by atoms with van der Waals surface area (Å²) in [5.74, 6) is -0.0823. The first-order chi connectivity index (χ1) is 8.66. The Hall–Kier alpha value is -1.17. The van der Waals surface area contributed by atoms with E-state index < -0.39 is 0 Å². The van der Waals surface area contributed by atoms with E-state index in [-0.39, 0.29) is 5.78 Å². The molecule has 3 nitrogen and oxygen atoms in total. The Kier molecular flexibility index (Phi) is 2.97. The van der Waals surface area contributed by atoms with Crippen LogP contribution in [-0.2, 0) is 0 Å². The maximum absolute atomic E-state index is 12.4. The van der Waals surface area contributed by atoms with Crippen LogP contribution in [0.4, 0.5) is 0 Å². The number of pyridine rings is 1. The van der Waals surface area contributed by atoms with E-state index in [1.165, 1.54) is 11.3 Å². The van der Waals surface area contributed by atoms with E-state index in [4.69, 9.17) is 11.6 Å². The second kappa shape index (κ2) is 4.50. The van der Waals surface area contributed by atoms with Crippen molar-refractivity contribution in [1.82, 2.24) is 9.97 Å². The zero-order valence-corrected chi connectivity index (χ0v) is 12.1. The summed E-state index contributed by atoms with van der Waals surface area (Å²) in [5, 5.41) is 3.08. The van der Waals surface area contributed by atoms with Crippen LogP contribution < -0.4 is 0 Å². The number of carbonyl (C=O) groups is 1. The first-order valence-corrected chi connectivity index (χ1v) is 7.12. The Labute approximate surface area is 120 Å². The Morgan fingerprint density at radius 2 is 2.33 bits per heavy atom. The van der Waals surface area contributed by atoms with Gasteiger partial charge in [0.25, 0.3) is 0 Å². The summed E-state index contributed by atoms with van der Waals surface area (Å²) in [5.41, 5.74) is 1.28. The predicted molar refractivity (Wildman–Crippen MR) is 76.6 cm³/mol. The average molecular weight is 342 g/mol. The fraction of sp³-hybridized carbons (Fsp3) is 0. The Morgan fingerprint density at radius 1 is 1.50 bits per heavy atom. The van der Waals surface area contributed by atoms with E-state index in [1.54, 1.807) is 23.8 Å². The highest BCUT2D eigenvalue weighted by atomic mass is 79.9. The molecule has 0 aromatic carbocycles. The number of fused-ring (bicyclic) bond motifs is 1. The van der Waals surface area contributed by atoms with Crippen LogP contribution in [-0.4, -0.2) is 15.8 Å². The lowest BCUT2D eigenvalue weighted by Gasteiger charge is -1.97. The number of rotatable bonds is 2. The molecule has 1 N–H and O–H groups in total. The molecule has 0 saturated carbocycles. The van der Waals surface area contributed by atoms with Crippen molar-refractivity contribution in [3.8, 4) is 0 Å².